The number of nitrogens with one attached hydrogen (secondary N) is 2. The maximum Gasteiger partial charge on any atom is 0.407 e. The Labute approximate surface area is 172 Å². The van der Waals surface area contributed by atoms with E-state index in [1.807, 2.05) is 5.38 Å². The average Bonchev–Trinajstić information content (AvgIpc) is 3.08. The first-order valence-electron chi connectivity index (χ1n) is 8.14. The van der Waals surface area contributed by atoms with Gasteiger partial charge in [-0.25, -0.2) is 9.78 Å². The first-order chi connectivity index (χ1) is 12.7. The number of ether oxygens (including phenoxy) is 1. The van der Waals surface area contributed by atoms with E-state index in [9.17, 15) is 9.59 Å². The van der Waals surface area contributed by atoms with Gasteiger partial charge in [0.25, 0.3) is 5.56 Å². The molecule has 0 saturated heterocycles. The van der Waals surface area contributed by atoms with Crippen molar-refractivity contribution in [1.29, 1.82) is 0 Å². The second-order valence-electron chi connectivity index (χ2n) is 6.77. The Bertz CT molecular complexity index is 1050. The lowest BCUT2D eigenvalue weighted by Gasteiger charge is -2.20. The van der Waals surface area contributed by atoms with Crippen molar-refractivity contribution in [2.24, 2.45) is 0 Å². The molecule has 0 unspecified atom stereocenters. The number of aromatic amines is 1. The Kier molecular flexibility index (Phi) is 5.64. The number of carbonyl (C=O) groups is 1. The average molecular weight is 474 g/mol. The number of amides is 1. The molecule has 0 aromatic carbocycles. The molecule has 0 aliphatic carbocycles. The largest absolute Gasteiger partial charge is 0.444 e. The van der Waals surface area contributed by atoms with Crippen molar-refractivity contribution in [3.05, 3.63) is 37.6 Å². The number of rotatable bonds is 4. The van der Waals surface area contributed by atoms with Gasteiger partial charge >= 0.3 is 6.09 Å². The van der Waals surface area contributed by atoms with Gasteiger partial charge in [-0.15, -0.1) is 11.3 Å². The number of nitrogens with zero attached hydrogens (tertiary/aromatic N) is 2. The molecule has 144 valence electrons. The molecule has 0 fully saturated rings. The Morgan fingerprint density at radius 1 is 1.48 bits per heavy atom. The minimum absolute atomic E-state index is 0.267. The summed E-state index contributed by atoms with van der Waals surface area (Å²) in [4.78, 5) is 32.0. The second kappa shape index (κ2) is 7.65. The second-order valence-corrected chi connectivity index (χ2v) is 8.89. The maximum atomic E-state index is 12.4. The molecule has 3 aromatic rings. The summed E-state index contributed by atoms with van der Waals surface area (Å²) in [5, 5.41) is 5.17. The molecule has 3 heterocycles. The van der Waals surface area contributed by atoms with Crippen LogP contribution < -0.4 is 10.9 Å². The summed E-state index contributed by atoms with van der Waals surface area (Å²) in [6.07, 6.45) is 0.846. The predicted octanol–water partition coefficient (Wildman–Crippen LogP) is 4.39. The van der Waals surface area contributed by atoms with Crippen LogP contribution in [0.3, 0.4) is 0 Å². The number of thiophene rings is 1. The van der Waals surface area contributed by atoms with Gasteiger partial charge in [-0.3, -0.25) is 4.79 Å². The molecule has 0 radical (unpaired) electrons. The number of fused-ring (bicyclic) bond motifs is 1. The monoisotopic (exact) mass is 472 g/mol. The minimum atomic E-state index is -0.579. The summed E-state index contributed by atoms with van der Waals surface area (Å²) in [7, 11) is 0. The molecule has 0 bridgehead atoms. The molecule has 3 aromatic heterocycles. The van der Waals surface area contributed by atoms with Gasteiger partial charge in [0, 0.05) is 13.1 Å². The number of carbonyl (C=O) groups excluding carboxylic acids is 1. The van der Waals surface area contributed by atoms with Gasteiger partial charge in [0.2, 0.25) is 0 Å². The fourth-order valence-corrected chi connectivity index (χ4v) is 4.68. The van der Waals surface area contributed by atoms with Gasteiger partial charge in [-0.2, -0.15) is 0 Å². The van der Waals surface area contributed by atoms with Gasteiger partial charge in [-0.1, -0.05) is 11.6 Å². The summed E-state index contributed by atoms with van der Waals surface area (Å²) in [5.74, 6) is 0. The van der Waals surface area contributed by atoms with Crippen LogP contribution in [0, 0.1) is 0 Å². The molecule has 0 aliphatic rings. The van der Waals surface area contributed by atoms with Crippen LogP contribution in [-0.2, 0) is 11.3 Å². The van der Waals surface area contributed by atoms with Gasteiger partial charge in [0.15, 0.2) is 0 Å². The van der Waals surface area contributed by atoms with E-state index in [1.54, 1.807) is 31.4 Å². The molecule has 0 aliphatic heterocycles. The van der Waals surface area contributed by atoms with E-state index in [2.05, 4.69) is 31.2 Å². The lowest BCUT2D eigenvalue weighted by molar-refractivity contribution is 0.0526. The Morgan fingerprint density at radius 3 is 2.85 bits per heavy atom. The standard InChI is InChI=1S/C17H18BrClN4O3S/c1-17(2,3)26-16(25)20-5-6-23-12(14-9(19)4-7-27-14)10(18)11-13(23)15(24)22-8-21-11/h4,7-8H,5-6H2,1-3H3,(H,20,25)(H,21,22,24). The van der Waals surface area contributed by atoms with Crippen LogP contribution in [0.5, 0.6) is 0 Å². The van der Waals surface area contributed by atoms with Crippen molar-refractivity contribution in [1.82, 2.24) is 19.9 Å². The molecular formula is C17H18BrClN4O3S. The van der Waals surface area contributed by atoms with E-state index < -0.39 is 11.7 Å². The van der Waals surface area contributed by atoms with E-state index in [0.29, 0.717) is 27.1 Å². The third kappa shape index (κ3) is 4.20. The summed E-state index contributed by atoms with van der Waals surface area (Å²) in [6, 6.07) is 1.80. The lowest BCUT2D eigenvalue weighted by atomic mass is 10.2. The molecule has 10 heteroatoms. The highest BCUT2D eigenvalue weighted by molar-refractivity contribution is 9.10. The third-order valence-electron chi connectivity index (χ3n) is 3.62. The molecule has 0 atom stereocenters. The van der Waals surface area contributed by atoms with Crippen LogP contribution in [0.25, 0.3) is 21.6 Å². The smallest absolute Gasteiger partial charge is 0.407 e. The molecule has 7 nitrogen and oxygen atoms in total. The van der Waals surface area contributed by atoms with Crippen molar-refractivity contribution in [2.75, 3.05) is 6.54 Å². The molecule has 3 rings (SSSR count). The zero-order valence-corrected chi connectivity index (χ0v) is 18.1. The minimum Gasteiger partial charge on any atom is -0.444 e. The summed E-state index contributed by atoms with van der Waals surface area (Å²) >= 11 is 11.3. The quantitative estimate of drug-likeness (QED) is 0.588. The van der Waals surface area contributed by atoms with Crippen LogP contribution in [0.15, 0.2) is 27.0 Å². The lowest BCUT2D eigenvalue weighted by Crippen LogP contribution is -2.34. The molecule has 1 amide bonds. The number of alkyl carbamates (subject to hydrolysis) is 1. The van der Waals surface area contributed by atoms with Crippen LogP contribution in [0.2, 0.25) is 5.02 Å². The van der Waals surface area contributed by atoms with Crippen LogP contribution in [0.4, 0.5) is 4.79 Å². The molecule has 2 N–H and O–H groups in total. The fourth-order valence-electron chi connectivity index (χ4n) is 2.64. The predicted molar refractivity (Wildman–Crippen MR) is 111 cm³/mol. The van der Waals surface area contributed by atoms with Gasteiger partial charge < -0.3 is 19.6 Å². The topological polar surface area (TPSA) is 89.0 Å². The summed E-state index contributed by atoms with van der Waals surface area (Å²) < 4.78 is 7.74. The van der Waals surface area contributed by atoms with E-state index in [1.165, 1.54) is 17.7 Å². The van der Waals surface area contributed by atoms with Gasteiger partial charge in [0.05, 0.1) is 26.4 Å². The number of hydrogen-bond donors (Lipinski definition) is 2. The third-order valence-corrected chi connectivity index (χ3v) is 5.72. The Hall–Kier alpha value is -1.84. The van der Waals surface area contributed by atoms with Crippen molar-refractivity contribution in [3.63, 3.8) is 0 Å². The highest BCUT2D eigenvalue weighted by Gasteiger charge is 2.23. The van der Waals surface area contributed by atoms with Crippen LogP contribution in [0.1, 0.15) is 20.8 Å². The van der Waals surface area contributed by atoms with Gasteiger partial charge in [-0.05, 0) is 48.1 Å². The number of halogens is 2. The Balaban J connectivity index is 1.97. The molecular weight excluding hydrogens is 456 g/mol. The highest BCUT2D eigenvalue weighted by Crippen LogP contribution is 2.41. The van der Waals surface area contributed by atoms with Crippen molar-refractivity contribution >= 4 is 56.0 Å². The van der Waals surface area contributed by atoms with Crippen molar-refractivity contribution in [2.45, 2.75) is 32.9 Å². The first-order valence-corrected chi connectivity index (χ1v) is 10.2. The van der Waals surface area contributed by atoms with E-state index in [0.717, 1.165) is 10.6 Å². The zero-order chi connectivity index (χ0) is 19.8. The molecule has 0 saturated carbocycles. The molecule has 27 heavy (non-hydrogen) atoms. The van der Waals surface area contributed by atoms with E-state index >= 15 is 0 Å². The highest BCUT2D eigenvalue weighted by atomic mass is 79.9. The van der Waals surface area contributed by atoms with Gasteiger partial charge in [0.1, 0.15) is 16.6 Å². The number of H-pyrrole nitrogens is 1. The van der Waals surface area contributed by atoms with E-state index in [-0.39, 0.29) is 12.1 Å². The summed E-state index contributed by atoms with van der Waals surface area (Å²) in [6.45, 7) is 6.01. The Morgan fingerprint density at radius 2 is 2.22 bits per heavy atom. The fraction of sp³-hybridized carbons (Fsp3) is 0.353. The van der Waals surface area contributed by atoms with Crippen LogP contribution >= 0.6 is 38.9 Å². The first kappa shape index (κ1) is 19.9. The number of hydrogen-bond acceptors (Lipinski definition) is 5. The van der Waals surface area contributed by atoms with E-state index in [4.69, 9.17) is 16.3 Å². The zero-order valence-electron chi connectivity index (χ0n) is 14.9. The number of aromatic nitrogens is 3. The van der Waals surface area contributed by atoms with Crippen molar-refractivity contribution < 1.29 is 9.53 Å². The summed E-state index contributed by atoms with van der Waals surface area (Å²) in [5.41, 5.74) is 0.853. The maximum absolute atomic E-state index is 12.4. The normalized spacial score (nSPS) is 11.7. The van der Waals surface area contributed by atoms with Crippen molar-refractivity contribution in [3.8, 4) is 10.6 Å². The SMILES string of the molecule is CC(C)(C)OC(=O)NCCn1c(-c2sccc2Cl)c(Br)c2nc[nH]c(=O)c21. The molecule has 0 spiro atoms. The van der Waals surface area contributed by atoms with Crippen LogP contribution in [-0.4, -0.2) is 32.8 Å².